The third kappa shape index (κ3) is 3.03. The summed E-state index contributed by atoms with van der Waals surface area (Å²) < 4.78 is 7.68. The lowest BCUT2D eigenvalue weighted by Crippen LogP contribution is -2.37. The Morgan fingerprint density at radius 2 is 2.16 bits per heavy atom. The van der Waals surface area contributed by atoms with E-state index in [2.05, 4.69) is 40.3 Å². The normalized spacial score (nSPS) is 20.6. The summed E-state index contributed by atoms with van der Waals surface area (Å²) >= 11 is 0. The fourth-order valence-electron chi connectivity index (χ4n) is 2.50. The molecule has 4 nitrogen and oxygen atoms in total. The molecule has 1 aromatic heterocycles. The molecule has 1 unspecified atom stereocenters. The number of rotatable bonds is 3. The summed E-state index contributed by atoms with van der Waals surface area (Å²) in [5, 5.41) is 4.22. The van der Waals surface area contributed by atoms with Gasteiger partial charge in [0, 0.05) is 38.4 Å². The first-order valence-corrected chi connectivity index (χ1v) is 6.68. The van der Waals surface area contributed by atoms with Crippen LogP contribution in [0.5, 0.6) is 0 Å². The van der Waals surface area contributed by atoms with E-state index in [1.807, 2.05) is 24.1 Å². The molecule has 2 heterocycles. The van der Waals surface area contributed by atoms with E-state index in [0.29, 0.717) is 0 Å². The van der Waals surface area contributed by atoms with Crippen LogP contribution in [0.2, 0.25) is 0 Å². The van der Waals surface area contributed by atoms with Gasteiger partial charge in [-0.3, -0.25) is 9.58 Å². The van der Waals surface area contributed by atoms with Gasteiger partial charge in [-0.25, -0.2) is 0 Å². The van der Waals surface area contributed by atoms with Gasteiger partial charge in [0.15, 0.2) is 0 Å². The van der Waals surface area contributed by atoms with Crippen molar-refractivity contribution >= 4 is 0 Å². The second-order valence-electron chi connectivity index (χ2n) is 5.03. The van der Waals surface area contributed by atoms with E-state index < -0.39 is 0 Å². The molecule has 3 rings (SSSR count). The Morgan fingerprint density at radius 3 is 2.89 bits per heavy atom. The molecule has 0 aliphatic carbocycles. The predicted octanol–water partition coefficient (Wildman–Crippen LogP) is 1.99. The molecule has 1 aromatic carbocycles. The lowest BCUT2D eigenvalue weighted by Gasteiger charge is -2.32. The van der Waals surface area contributed by atoms with E-state index in [1.54, 1.807) is 0 Å². The minimum Gasteiger partial charge on any atom is -0.371 e. The molecule has 0 saturated carbocycles. The van der Waals surface area contributed by atoms with Gasteiger partial charge in [-0.1, -0.05) is 30.3 Å². The van der Waals surface area contributed by atoms with Crippen LogP contribution in [0.15, 0.2) is 42.7 Å². The number of benzene rings is 1. The Hall–Kier alpha value is -1.65. The number of hydrogen-bond donors (Lipinski definition) is 0. The van der Waals surface area contributed by atoms with Gasteiger partial charge in [-0.05, 0) is 5.56 Å². The molecule has 0 amide bonds. The van der Waals surface area contributed by atoms with Crippen LogP contribution in [0.1, 0.15) is 17.2 Å². The molecule has 1 fully saturated rings. The van der Waals surface area contributed by atoms with Crippen LogP contribution in [-0.2, 0) is 18.3 Å². The molecule has 0 spiro atoms. The van der Waals surface area contributed by atoms with Gasteiger partial charge in [0.1, 0.15) is 0 Å². The molecule has 19 heavy (non-hydrogen) atoms. The smallest absolute Gasteiger partial charge is 0.0982 e. The van der Waals surface area contributed by atoms with Gasteiger partial charge in [0.25, 0.3) is 0 Å². The Balaban J connectivity index is 1.65. The summed E-state index contributed by atoms with van der Waals surface area (Å²) in [7, 11) is 1.94. The molecule has 4 heteroatoms. The fraction of sp³-hybridized carbons (Fsp3) is 0.400. The van der Waals surface area contributed by atoms with E-state index in [-0.39, 0.29) is 6.10 Å². The molecule has 0 N–H and O–H groups in total. The topological polar surface area (TPSA) is 30.3 Å². The van der Waals surface area contributed by atoms with E-state index >= 15 is 0 Å². The SMILES string of the molecule is Cn1cc(C2CN(Cc3ccccc3)CCO2)cn1. The van der Waals surface area contributed by atoms with Gasteiger partial charge in [-0.15, -0.1) is 0 Å². The lowest BCUT2D eigenvalue weighted by molar-refractivity contribution is -0.0329. The van der Waals surface area contributed by atoms with Gasteiger partial charge in [0.2, 0.25) is 0 Å². The van der Waals surface area contributed by atoms with Crippen molar-refractivity contribution in [3.8, 4) is 0 Å². The summed E-state index contributed by atoms with van der Waals surface area (Å²) in [5.74, 6) is 0. The quantitative estimate of drug-likeness (QED) is 0.842. The molecule has 1 atom stereocenters. The van der Waals surface area contributed by atoms with Gasteiger partial charge < -0.3 is 4.74 Å². The first kappa shape index (κ1) is 12.4. The Kier molecular flexibility index (Phi) is 3.62. The highest BCUT2D eigenvalue weighted by molar-refractivity contribution is 5.15. The molecule has 2 aromatic rings. The number of aromatic nitrogens is 2. The largest absolute Gasteiger partial charge is 0.371 e. The predicted molar refractivity (Wildman–Crippen MR) is 73.6 cm³/mol. The van der Waals surface area contributed by atoms with Crippen molar-refractivity contribution in [3.05, 3.63) is 53.9 Å². The number of ether oxygens (including phenoxy) is 1. The van der Waals surface area contributed by atoms with Crippen molar-refractivity contribution in [1.82, 2.24) is 14.7 Å². The molecule has 1 aliphatic rings. The molecular weight excluding hydrogens is 238 g/mol. The summed E-state index contributed by atoms with van der Waals surface area (Å²) in [6.07, 6.45) is 4.08. The highest BCUT2D eigenvalue weighted by Gasteiger charge is 2.22. The first-order valence-electron chi connectivity index (χ1n) is 6.68. The van der Waals surface area contributed by atoms with Crippen LogP contribution in [-0.4, -0.2) is 34.4 Å². The second kappa shape index (κ2) is 5.55. The maximum Gasteiger partial charge on any atom is 0.0982 e. The molecular formula is C15H19N3O. The van der Waals surface area contributed by atoms with Crippen LogP contribution in [0.4, 0.5) is 0 Å². The summed E-state index contributed by atoms with van der Waals surface area (Å²) in [4.78, 5) is 2.44. The van der Waals surface area contributed by atoms with Crippen molar-refractivity contribution in [2.45, 2.75) is 12.6 Å². The lowest BCUT2D eigenvalue weighted by atomic mass is 10.1. The average Bonchev–Trinajstić information content (AvgIpc) is 2.87. The second-order valence-corrected chi connectivity index (χ2v) is 5.03. The number of morpholine rings is 1. The zero-order valence-electron chi connectivity index (χ0n) is 11.2. The zero-order chi connectivity index (χ0) is 13.1. The van der Waals surface area contributed by atoms with E-state index in [1.165, 1.54) is 11.1 Å². The van der Waals surface area contributed by atoms with Gasteiger partial charge in [0.05, 0.1) is 18.9 Å². The fourth-order valence-corrected chi connectivity index (χ4v) is 2.50. The Morgan fingerprint density at radius 1 is 1.32 bits per heavy atom. The van der Waals surface area contributed by atoms with E-state index in [0.717, 1.165) is 26.2 Å². The van der Waals surface area contributed by atoms with E-state index in [9.17, 15) is 0 Å². The highest BCUT2D eigenvalue weighted by Crippen LogP contribution is 2.22. The zero-order valence-corrected chi connectivity index (χ0v) is 11.2. The van der Waals surface area contributed by atoms with Crippen LogP contribution in [0, 0.1) is 0 Å². The maximum atomic E-state index is 5.85. The van der Waals surface area contributed by atoms with Crippen LogP contribution in [0.3, 0.4) is 0 Å². The van der Waals surface area contributed by atoms with Crippen LogP contribution < -0.4 is 0 Å². The molecule has 1 aliphatic heterocycles. The Labute approximate surface area is 113 Å². The molecule has 0 radical (unpaired) electrons. The van der Waals surface area contributed by atoms with Crippen molar-refractivity contribution in [2.24, 2.45) is 7.05 Å². The third-order valence-electron chi connectivity index (χ3n) is 3.50. The molecule has 1 saturated heterocycles. The van der Waals surface area contributed by atoms with Gasteiger partial charge >= 0.3 is 0 Å². The van der Waals surface area contributed by atoms with Crippen molar-refractivity contribution < 1.29 is 4.74 Å². The Bertz CT molecular complexity index is 523. The number of hydrogen-bond acceptors (Lipinski definition) is 3. The number of nitrogens with zero attached hydrogens (tertiary/aromatic N) is 3. The minimum absolute atomic E-state index is 0.145. The monoisotopic (exact) mass is 257 g/mol. The van der Waals surface area contributed by atoms with Crippen LogP contribution >= 0.6 is 0 Å². The minimum atomic E-state index is 0.145. The van der Waals surface area contributed by atoms with Gasteiger partial charge in [-0.2, -0.15) is 5.10 Å². The number of aryl methyl sites for hydroxylation is 1. The summed E-state index contributed by atoms with van der Waals surface area (Å²) in [5.41, 5.74) is 2.52. The average molecular weight is 257 g/mol. The highest BCUT2D eigenvalue weighted by atomic mass is 16.5. The summed E-state index contributed by atoms with van der Waals surface area (Å²) in [6.45, 7) is 3.69. The molecule has 100 valence electrons. The first-order chi connectivity index (χ1) is 9.31. The maximum absolute atomic E-state index is 5.85. The third-order valence-corrected chi connectivity index (χ3v) is 3.50. The van der Waals surface area contributed by atoms with Crippen molar-refractivity contribution in [1.29, 1.82) is 0 Å². The van der Waals surface area contributed by atoms with Crippen molar-refractivity contribution in [2.75, 3.05) is 19.7 Å². The standard InChI is InChI=1S/C15H19N3O/c1-17-11-14(9-16-17)15-12-18(7-8-19-15)10-13-5-3-2-4-6-13/h2-6,9,11,15H,7-8,10,12H2,1H3. The molecule has 0 bridgehead atoms. The van der Waals surface area contributed by atoms with E-state index in [4.69, 9.17) is 4.74 Å². The van der Waals surface area contributed by atoms with Crippen LogP contribution in [0.25, 0.3) is 0 Å². The van der Waals surface area contributed by atoms with Crippen molar-refractivity contribution in [3.63, 3.8) is 0 Å². The summed E-state index contributed by atoms with van der Waals surface area (Å²) in [6, 6.07) is 10.6.